The maximum absolute atomic E-state index is 8.08. The third-order valence-electron chi connectivity index (χ3n) is 0.383. The molecule has 0 unspecified atom stereocenters. The maximum Gasteiger partial charge on any atom is 0.0714 e. The monoisotopic (exact) mass is 109 g/mol. The molecule has 0 saturated heterocycles. The van der Waals surface area contributed by atoms with Crippen molar-refractivity contribution in [1.82, 2.24) is 5.32 Å². The molecule has 0 amide bonds. The van der Waals surface area contributed by atoms with Crippen LogP contribution in [0.2, 0.25) is 0 Å². The molecular formula is C3H8ClNO. The molecule has 0 spiro atoms. The Morgan fingerprint density at radius 3 is 2.50 bits per heavy atom. The molecule has 0 radical (unpaired) electrons. The summed E-state index contributed by atoms with van der Waals surface area (Å²) in [6, 6.07) is 0.417. The minimum Gasteiger partial charge on any atom is -0.395 e. The lowest BCUT2D eigenvalue weighted by Gasteiger charge is -1.89. The minimum absolute atomic E-state index is 0.159. The number of rotatable bonds is 3. The van der Waals surface area contributed by atoms with Crippen molar-refractivity contribution in [1.29, 1.82) is 0 Å². The number of nitrogens with one attached hydrogen (secondary N) is 1. The first-order valence-electron chi connectivity index (χ1n) is 1.79. The van der Waals surface area contributed by atoms with Crippen LogP contribution in [0.3, 0.4) is 0 Å². The SMILES string of the molecule is OCCNCCl. The zero-order valence-electron chi connectivity index (χ0n) is 3.45. The molecule has 0 aliphatic carbocycles. The molecule has 0 aliphatic heterocycles. The van der Waals surface area contributed by atoms with Crippen molar-refractivity contribution in [3.8, 4) is 0 Å². The van der Waals surface area contributed by atoms with Crippen LogP contribution in [-0.4, -0.2) is 24.3 Å². The third-order valence-corrected chi connectivity index (χ3v) is 0.572. The fourth-order valence-electron chi connectivity index (χ4n) is 0.146. The van der Waals surface area contributed by atoms with Crippen LogP contribution in [-0.2, 0) is 0 Å². The van der Waals surface area contributed by atoms with Crippen LogP contribution < -0.4 is 5.32 Å². The fourth-order valence-corrected chi connectivity index (χ4v) is 0.280. The van der Waals surface area contributed by atoms with Gasteiger partial charge in [-0.05, 0) is 0 Å². The van der Waals surface area contributed by atoms with Crippen LogP contribution in [0.25, 0.3) is 0 Å². The number of aliphatic hydroxyl groups excluding tert-OH is 1. The van der Waals surface area contributed by atoms with E-state index >= 15 is 0 Å². The minimum atomic E-state index is 0.159. The average Bonchev–Trinajstić information content (AvgIpc) is 1.61. The van der Waals surface area contributed by atoms with Crippen molar-refractivity contribution >= 4 is 11.6 Å². The van der Waals surface area contributed by atoms with Crippen LogP contribution >= 0.6 is 11.6 Å². The van der Waals surface area contributed by atoms with Gasteiger partial charge in [0.1, 0.15) is 0 Å². The van der Waals surface area contributed by atoms with Gasteiger partial charge in [-0.3, -0.25) is 0 Å². The van der Waals surface area contributed by atoms with Crippen molar-refractivity contribution in [3.05, 3.63) is 0 Å². The quantitative estimate of drug-likeness (QED) is 0.298. The Balaban J connectivity index is 2.34. The van der Waals surface area contributed by atoms with E-state index in [4.69, 9.17) is 16.7 Å². The van der Waals surface area contributed by atoms with Gasteiger partial charge in [0.05, 0.1) is 12.6 Å². The lowest BCUT2D eigenvalue weighted by molar-refractivity contribution is 0.295. The first kappa shape index (κ1) is 6.21. The highest BCUT2D eigenvalue weighted by Gasteiger charge is 1.73. The van der Waals surface area contributed by atoms with Gasteiger partial charge >= 0.3 is 0 Å². The summed E-state index contributed by atoms with van der Waals surface area (Å²) in [5, 5.41) is 10.8. The predicted molar refractivity (Wildman–Crippen MR) is 25.8 cm³/mol. The molecule has 0 saturated carbocycles. The van der Waals surface area contributed by atoms with E-state index < -0.39 is 0 Å². The summed E-state index contributed by atoms with van der Waals surface area (Å²) in [7, 11) is 0. The summed E-state index contributed by atoms with van der Waals surface area (Å²) >= 11 is 5.16. The Bertz CT molecular complexity index is 22.8. The molecule has 0 rings (SSSR count). The van der Waals surface area contributed by atoms with E-state index in [0.29, 0.717) is 12.5 Å². The van der Waals surface area contributed by atoms with Gasteiger partial charge in [-0.25, -0.2) is 0 Å². The Hall–Kier alpha value is 0.210. The summed E-state index contributed by atoms with van der Waals surface area (Å²) < 4.78 is 0. The first-order valence-corrected chi connectivity index (χ1v) is 2.33. The van der Waals surface area contributed by atoms with Crippen LogP contribution in [0.5, 0.6) is 0 Å². The maximum atomic E-state index is 8.08. The van der Waals surface area contributed by atoms with E-state index in [2.05, 4.69) is 5.32 Å². The Labute approximate surface area is 42.1 Å². The highest BCUT2D eigenvalue weighted by Crippen LogP contribution is 1.62. The van der Waals surface area contributed by atoms with Gasteiger partial charge in [-0.15, -0.1) is 11.6 Å². The van der Waals surface area contributed by atoms with Crippen LogP contribution in [0.15, 0.2) is 0 Å². The van der Waals surface area contributed by atoms with Gasteiger partial charge in [0.15, 0.2) is 0 Å². The molecule has 0 fully saturated rings. The Kier molecular flexibility index (Phi) is 5.39. The van der Waals surface area contributed by atoms with Gasteiger partial charge in [0.2, 0.25) is 0 Å². The van der Waals surface area contributed by atoms with Crippen molar-refractivity contribution < 1.29 is 5.11 Å². The van der Waals surface area contributed by atoms with Crippen LogP contribution in [0.1, 0.15) is 0 Å². The molecule has 0 heterocycles. The molecule has 2 N–H and O–H groups in total. The van der Waals surface area contributed by atoms with Gasteiger partial charge < -0.3 is 10.4 Å². The zero-order valence-corrected chi connectivity index (χ0v) is 4.20. The summed E-state index contributed by atoms with van der Waals surface area (Å²) in [6.07, 6.45) is 0. The van der Waals surface area contributed by atoms with E-state index in [0.717, 1.165) is 0 Å². The van der Waals surface area contributed by atoms with Crippen molar-refractivity contribution in [3.63, 3.8) is 0 Å². The molecule has 0 aromatic heterocycles. The summed E-state index contributed by atoms with van der Waals surface area (Å²) in [5.41, 5.74) is 0. The van der Waals surface area contributed by atoms with Crippen molar-refractivity contribution in [2.24, 2.45) is 0 Å². The lowest BCUT2D eigenvalue weighted by Crippen LogP contribution is -2.15. The summed E-state index contributed by atoms with van der Waals surface area (Å²) in [5.74, 6) is 0. The van der Waals surface area contributed by atoms with E-state index in [1.54, 1.807) is 0 Å². The largest absolute Gasteiger partial charge is 0.395 e. The number of aliphatic hydroxyl groups is 1. The second-order valence-corrected chi connectivity index (χ2v) is 1.12. The molecule has 6 heavy (non-hydrogen) atoms. The molecule has 2 nitrogen and oxygen atoms in total. The van der Waals surface area contributed by atoms with E-state index in [1.165, 1.54) is 0 Å². The second-order valence-electron chi connectivity index (χ2n) is 0.857. The van der Waals surface area contributed by atoms with Crippen molar-refractivity contribution in [2.75, 3.05) is 19.2 Å². The van der Waals surface area contributed by atoms with Gasteiger partial charge in [-0.1, -0.05) is 0 Å². The van der Waals surface area contributed by atoms with E-state index in [9.17, 15) is 0 Å². The molecule has 0 bridgehead atoms. The smallest absolute Gasteiger partial charge is 0.0714 e. The summed E-state index contributed by atoms with van der Waals surface area (Å²) in [4.78, 5) is 0. The second kappa shape index (κ2) is 5.21. The number of halogens is 1. The number of hydrogen-bond donors (Lipinski definition) is 2. The molecule has 0 aromatic carbocycles. The average molecular weight is 110 g/mol. The molecule has 3 heteroatoms. The molecular weight excluding hydrogens is 101 g/mol. The zero-order chi connectivity index (χ0) is 4.83. The fraction of sp³-hybridized carbons (Fsp3) is 1.00. The van der Waals surface area contributed by atoms with E-state index in [-0.39, 0.29) is 6.61 Å². The van der Waals surface area contributed by atoms with Crippen molar-refractivity contribution in [2.45, 2.75) is 0 Å². The van der Waals surface area contributed by atoms with Gasteiger partial charge in [-0.2, -0.15) is 0 Å². The first-order chi connectivity index (χ1) is 2.91. The molecule has 0 aliphatic rings. The number of hydrogen-bond acceptors (Lipinski definition) is 2. The van der Waals surface area contributed by atoms with Gasteiger partial charge in [0, 0.05) is 6.54 Å². The third kappa shape index (κ3) is 4.21. The van der Waals surface area contributed by atoms with Crippen LogP contribution in [0.4, 0.5) is 0 Å². The Morgan fingerprint density at radius 2 is 2.33 bits per heavy atom. The number of alkyl halides is 1. The van der Waals surface area contributed by atoms with Crippen LogP contribution in [0, 0.1) is 0 Å². The molecule has 0 aromatic rings. The molecule has 38 valence electrons. The normalized spacial score (nSPS) is 9.00. The lowest BCUT2D eigenvalue weighted by atomic mass is 10.7. The summed E-state index contributed by atoms with van der Waals surface area (Å²) in [6.45, 7) is 0.746. The standard InChI is InChI=1S/C3H8ClNO/c4-3-5-1-2-6/h5-6H,1-3H2. The topological polar surface area (TPSA) is 32.3 Å². The highest BCUT2D eigenvalue weighted by atomic mass is 35.5. The highest BCUT2D eigenvalue weighted by molar-refractivity contribution is 6.17. The predicted octanol–water partition coefficient (Wildman–Crippen LogP) is -0.235. The van der Waals surface area contributed by atoms with E-state index in [1.807, 2.05) is 0 Å². The Morgan fingerprint density at radius 1 is 1.67 bits per heavy atom. The van der Waals surface area contributed by atoms with Gasteiger partial charge in [0.25, 0.3) is 0 Å². The molecule has 0 atom stereocenters.